The second-order valence-electron chi connectivity index (χ2n) is 4.69. The number of nitrogens with two attached hydrogens (primary N) is 1. The molecule has 2 aromatic carbocycles. The lowest BCUT2D eigenvalue weighted by atomic mass is 10.2. The van der Waals surface area contributed by atoms with E-state index in [-0.39, 0.29) is 0 Å². The summed E-state index contributed by atoms with van der Waals surface area (Å²) in [5, 5.41) is 1.79. The van der Waals surface area contributed by atoms with Gasteiger partial charge >= 0.3 is 0 Å². The van der Waals surface area contributed by atoms with Gasteiger partial charge < -0.3 is 15.0 Å². The molecule has 0 radical (unpaired) electrons. The number of halogens is 1. The molecule has 1 aromatic heterocycles. The highest BCUT2D eigenvalue weighted by atomic mass is 35.5. The molecular formula is C16H15ClN2O. The van der Waals surface area contributed by atoms with Gasteiger partial charge in [0.2, 0.25) is 0 Å². The quantitative estimate of drug-likeness (QED) is 0.741. The van der Waals surface area contributed by atoms with Crippen LogP contribution in [0.25, 0.3) is 10.9 Å². The molecule has 0 unspecified atom stereocenters. The monoisotopic (exact) mass is 286 g/mol. The molecule has 0 aliphatic rings. The molecule has 0 spiro atoms. The number of anilines is 1. The fourth-order valence-corrected chi connectivity index (χ4v) is 2.64. The maximum absolute atomic E-state index is 6.24. The van der Waals surface area contributed by atoms with E-state index in [0.29, 0.717) is 17.3 Å². The Morgan fingerprint density at radius 2 is 2.05 bits per heavy atom. The third-order valence-corrected chi connectivity index (χ3v) is 3.76. The fraction of sp³-hybridized carbons (Fsp3) is 0.125. The predicted octanol–water partition coefficient (Wildman–Crippen LogP) is 3.93. The lowest BCUT2D eigenvalue weighted by molar-refractivity contribution is 0.420. The Balaban J connectivity index is 2.03. The van der Waals surface area contributed by atoms with Gasteiger partial charge in [0.05, 0.1) is 12.6 Å². The summed E-state index contributed by atoms with van der Waals surface area (Å²) in [6.07, 6.45) is 2.04. The molecule has 0 aliphatic carbocycles. The van der Waals surface area contributed by atoms with Crippen molar-refractivity contribution in [1.82, 2.24) is 4.57 Å². The molecule has 20 heavy (non-hydrogen) atoms. The van der Waals surface area contributed by atoms with Crippen LogP contribution in [0.15, 0.2) is 48.7 Å². The molecule has 0 atom stereocenters. The van der Waals surface area contributed by atoms with Gasteiger partial charge in [0, 0.05) is 28.8 Å². The first-order valence-electron chi connectivity index (χ1n) is 6.35. The van der Waals surface area contributed by atoms with Crippen molar-refractivity contribution < 1.29 is 4.74 Å². The predicted molar refractivity (Wildman–Crippen MR) is 83.5 cm³/mol. The first-order valence-corrected chi connectivity index (χ1v) is 6.72. The van der Waals surface area contributed by atoms with E-state index >= 15 is 0 Å². The molecule has 0 saturated carbocycles. The SMILES string of the molecule is COc1cccc2c1ccn2Cc1ccc(N)cc1Cl. The highest BCUT2D eigenvalue weighted by molar-refractivity contribution is 6.31. The molecule has 2 N–H and O–H groups in total. The second-order valence-corrected chi connectivity index (χ2v) is 5.09. The topological polar surface area (TPSA) is 40.2 Å². The van der Waals surface area contributed by atoms with Crippen molar-refractivity contribution in [3.05, 3.63) is 59.2 Å². The summed E-state index contributed by atoms with van der Waals surface area (Å²) in [6, 6.07) is 13.7. The van der Waals surface area contributed by atoms with E-state index in [1.165, 1.54) is 0 Å². The van der Waals surface area contributed by atoms with Crippen LogP contribution in [0.2, 0.25) is 5.02 Å². The maximum atomic E-state index is 6.24. The number of hydrogen-bond donors (Lipinski definition) is 1. The van der Waals surface area contributed by atoms with Crippen LogP contribution in [0.5, 0.6) is 5.75 Å². The van der Waals surface area contributed by atoms with Crippen LogP contribution in [0.1, 0.15) is 5.56 Å². The van der Waals surface area contributed by atoms with Crippen LogP contribution in [-0.4, -0.2) is 11.7 Å². The zero-order valence-corrected chi connectivity index (χ0v) is 11.9. The van der Waals surface area contributed by atoms with Gasteiger partial charge in [-0.2, -0.15) is 0 Å². The van der Waals surface area contributed by atoms with Crippen molar-refractivity contribution >= 4 is 28.2 Å². The lowest BCUT2D eigenvalue weighted by Gasteiger charge is -2.09. The van der Waals surface area contributed by atoms with Crippen molar-refractivity contribution in [2.45, 2.75) is 6.54 Å². The van der Waals surface area contributed by atoms with Crippen LogP contribution in [-0.2, 0) is 6.54 Å². The molecule has 4 heteroatoms. The van der Waals surface area contributed by atoms with E-state index in [9.17, 15) is 0 Å². The average molecular weight is 287 g/mol. The standard InChI is InChI=1S/C16H15ClN2O/c1-20-16-4-2-3-15-13(16)7-8-19(15)10-11-5-6-12(18)9-14(11)17/h2-9H,10,18H2,1H3. The molecule has 3 rings (SSSR count). The van der Waals surface area contributed by atoms with Crippen LogP contribution in [0, 0.1) is 0 Å². The largest absolute Gasteiger partial charge is 0.496 e. The summed E-state index contributed by atoms with van der Waals surface area (Å²) in [4.78, 5) is 0. The summed E-state index contributed by atoms with van der Waals surface area (Å²) in [7, 11) is 1.68. The van der Waals surface area contributed by atoms with Crippen LogP contribution < -0.4 is 10.5 Å². The third kappa shape index (κ3) is 2.21. The van der Waals surface area contributed by atoms with Gasteiger partial charge in [0.25, 0.3) is 0 Å². The van der Waals surface area contributed by atoms with Gasteiger partial charge in [0.1, 0.15) is 5.75 Å². The lowest BCUT2D eigenvalue weighted by Crippen LogP contribution is -1.99. The minimum absolute atomic E-state index is 0.679. The number of fused-ring (bicyclic) bond motifs is 1. The Labute approximate surface area is 122 Å². The van der Waals surface area contributed by atoms with Gasteiger partial charge in [-0.3, -0.25) is 0 Å². The van der Waals surface area contributed by atoms with E-state index in [0.717, 1.165) is 22.2 Å². The fourth-order valence-electron chi connectivity index (χ4n) is 2.39. The zero-order chi connectivity index (χ0) is 14.1. The van der Waals surface area contributed by atoms with E-state index in [1.807, 2.05) is 30.5 Å². The summed E-state index contributed by atoms with van der Waals surface area (Å²) >= 11 is 6.24. The van der Waals surface area contributed by atoms with Gasteiger partial charge in [-0.25, -0.2) is 0 Å². The molecule has 0 fully saturated rings. The third-order valence-electron chi connectivity index (χ3n) is 3.41. The van der Waals surface area contributed by atoms with Crippen molar-refractivity contribution in [3.63, 3.8) is 0 Å². The van der Waals surface area contributed by atoms with E-state index in [1.54, 1.807) is 13.2 Å². The zero-order valence-electron chi connectivity index (χ0n) is 11.1. The number of rotatable bonds is 3. The van der Waals surface area contributed by atoms with Crippen molar-refractivity contribution in [2.75, 3.05) is 12.8 Å². The number of methoxy groups -OCH3 is 1. The van der Waals surface area contributed by atoms with E-state index in [4.69, 9.17) is 22.1 Å². The highest BCUT2D eigenvalue weighted by Crippen LogP contribution is 2.28. The Bertz CT molecular complexity index is 764. The van der Waals surface area contributed by atoms with Gasteiger partial charge in [-0.1, -0.05) is 23.7 Å². The maximum Gasteiger partial charge on any atom is 0.128 e. The Morgan fingerprint density at radius 1 is 1.20 bits per heavy atom. The highest BCUT2D eigenvalue weighted by Gasteiger charge is 2.08. The first kappa shape index (κ1) is 12.9. The smallest absolute Gasteiger partial charge is 0.128 e. The molecule has 1 heterocycles. The molecule has 0 bridgehead atoms. The number of nitrogens with zero attached hydrogens (tertiary/aromatic N) is 1. The van der Waals surface area contributed by atoms with Crippen molar-refractivity contribution in [3.8, 4) is 5.75 Å². The Hall–Kier alpha value is -2.13. The normalized spacial score (nSPS) is 10.9. The van der Waals surface area contributed by atoms with E-state index in [2.05, 4.69) is 16.7 Å². The number of nitrogen functional groups attached to an aromatic ring is 1. The van der Waals surface area contributed by atoms with Gasteiger partial charge in [-0.15, -0.1) is 0 Å². The Kier molecular flexibility index (Phi) is 3.28. The summed E-state index contributed by atoms with van der Waals surface area (Å²) in [5.74, 6) is 0.879. The summed E-state index contributed by atoms with van der Waals surface area (Å²) < 4.78 is 7.52. The molecule has 3 aromatic rings. The average Bonchev–Trinajstić information content (AvgIpc) is 2.85. The van der Waals surface area contributed by atoms with E-state index < -0.39 is 0 Å². The molecule has 102 valence electrons. The molecule has 0 saturated heterocycles. The summed E-state index contributed by atoms with van der Waals surface area (Å²) in [6.45, 7) is 0.704. The molecule has 0 amide bonds. The first-order chi connectivity index (χ1) is 9.69. The number of hydrogen-bond acceptors (Lipinski definition) is 2. The minimum Gasteiger partial charge on any atom is -0.496 e. The molecule has 0 aliphatic heterocycles. The number of benzene rings is 2. The van der Waals surface area contributed by atoms with Gasteiger partial charge in [-0.05, 0) is 35.9 Å². The minimum atomic E-state index is 0.679. The van der Waals surface area contributed by atoms with Crippen LogP contribution in [0.3, 0.4) is 0 Å². The Morgan fingerprint density at radius 3 is 2.80 bits per heavy atom. The summed E-state index contributed by atoms with van der Waals surface area (Å²) in [5.41, 5.74) is 8.57. The van der Waals surface area contributed by atoms with Crippen LogP contribution in [0.4, 0.5) is 5.69 Å². The number of ether oxygens (including phenoxy) is 1. The molecule has 3 nitrogen and oxygen atoms in total. The van der Waals surface area contributed by atoms with Crippen molar-refractivity contribution in [1.29, 1.82) is 0 Å². The van der Waals surface area contributed by atoms with Gasteiger partial charge in [0.15, 0.2) is 0 Å². The second kappa shape index (κ2) is 5.10. The number of aromatic nitrogens is 1. The van der Waals surface area contributed by atoms with Crippen molar-refractivity contribution in [2.24, 2.45) is 0 Å². The molecular weight excluding hydrogens is 272 g/mol. The van der Waals surface area contributed by atoms with Crippen LogP contribution >= 0.6 is 11.6 Å².